The normalized spacial score (nSPS) is 20.8. The summed E-state index contributed by atoms with van der Waals surface area (Å²) < 4.78 is 5.44. The van der Waals surface area contributed by atoms with E-state index in [1.165, 1.54) is 0 Å². The number of thioether (sulfide) groups is 1. The molecule has 0 spiro atoms. The monoisotopic (exact) mass is 589 g/mol. The van der Waals surface area contributed by atoms with Crippen molar-refractivity contribution in [1.82, 2.24) is 26.6 Å². The predicted molar refractivity (Wildman–Crippen MR) is 158 cm³/mol. The third-order valence-electron chi connectivity index (χ3n) is 7.22. The van der Waals surface area contributed by atoms with Crippen molar-refractivity contribution < 1.29 is 28.7 Å². The molecule has 0 bridgehead atoms. The van der Waals surface area contributed by atoms with Gasteiger partial charge >= 0.3 is 6.03 Å². The maximum atomic E-state index is 12.8. The number of fused-ring (bicyclic) bond motifs is 1. The molecule has 0 aromatic heterocycles. The fourth-order valence-corrected chi connectivity index (χ4v) is 6.49. The summed E-state index contributed by atoms with van der Waals surface area (Å²) in [5.74, 6) is 0.463. The summed E-state index contributed by atoms with van der Waals surface area (Å²) >= 11 is 1.88. The number of rotatable bonds is 18. The molecule has 2 fully saturated rings. The van der Waals surface area contributed by atoms with Crippen LogP contribution in [0.4, 0.5) is 4.79 Å². The van der Waals surface area contributed by atoms with E-state index in [1.807, 2.05) is 31.7 Å². The first kappa shape index (κ1) is 32.2. The molecule has 12 heteroatoms. The van der Waals surface area contributed by atoms with Gasteiger partial charge in [-0.2, -0.15) is 11.8 Å². The Morgan fingerprint density at radius 1 is 1.05 bits per heavy atom. The van der Waals surface area contributed by atoms with Gasteiger partial charge in [0.15, 0.2) is 6.61 Å². The van der Waals surface area contributed by atoms with E-state index in [0.29, 0.717) is 49.5 Å². The van der Waals surface area contributed by atoms with Gasteiger partial charge in [-0.15, -0.1) is 0 Å². The number of aldehydes is 1. The Morgan fingerprint density at radius 3 is 2.56 bits per heavy atom. The summed E-state index contributed by atoms with van der Waals surface area (Å²) in [5.41, 5.74) is 0. The van der Waals surface area contributed by atoms with Gasteiger partial charge in [-0.3, -0.25) is 14.4 Å². The lowest BCUT2D eigenvalue weighted by Crippen LogP contribution is -2.53. The molecule has 0 unspecified atom stereocenters. The number of ether oxygens (including phenoxy) is 1. The summed E-state index contributed by atoms with van der Waals surface area (Å²) in [6.07, 6.45) is 5.64. The molecule has 1 aromatic rings. The molecule has 2 saturated heterocycles. The van der Waals surface area contributed by atoms with Gasteiger partial charge in [0.05, 0.1) is 18.1 Å². The molecular formula is C29H43N5O6S. The first-order valence-electron chi connectivity index (χ1n) is 14.4. The topological polar surface area (TPSA) is 155 Å². The molecule has 0 saturated carbocycles. The summed E-state index contributed by atoms with van der Waals surface area (Å²) in [6, 6.07) is 7.77. The fraction of sp³-hybridized carbons (Fsp3) is 0.621. The number of para-hydroxylation sites is 1. The highest BCUT2D eigenvalue weighted by Crippen LogP contribution is 2.33. The van der Waals surface area contributed by atoms with Crippen molar-refractivity contribution in [1.29, 1.82) is 0 Å². The molecule has 0 radical (unpaired) electrons. The van der Waals surface area contributed by atoms with Crippen LogP contribution in [0, 0.1) is 5.92 Å². The zero-order chi connectivity index (χ0) is 29.6. The molecular weight excluding hydrogens is 546 g/mol. The maximum Gasteiger partial charge on any atom is 0.315 e. The van der Waals surface area contributed by atoms with Gasteiger partial charge < -0.3 is 36.1 Å². The van der Waals surface area contributed by atoms with Crippen molar-refractivity contribution in [3.63, 3.8) is 0 Å². The van der Waals surface area contributed by atoms with Crippen LogP contribution in [0.1, 0.15) is 58.8 Å². The van der Waals surface area contributed by atoms with Crippen LogP contribution in [0.2, 0.25) is 0 Å². The molecule has 226 valence electrons. The van der Waals surface area contributed by atoms with Crippen molar-refractivity contribution in [2.75, 3.05) is 18.9 Å². The second kappa shape index (κ2) is 16.9. The minimum atomic E-state index is -0.800. The highest BCUT2D eigenvalue weighted by molar-refractivity contribution is 8.00. The molecule has 1 aromatic carbocycles. The van der Waals surface area contributed by atoms with Crippen molar-refractivity contribution in [2.24, 2.45) is 5.92 Å². The second-order valence-electron chi connectivity index (χ2n) is 10.9. The number of carbonyl (C=O) groups is 5. The number of benzene rings is 1. The van der Waals surface area contributed by atoms with Gasteiger partial charge in [-0.1, -0.05) is 38.5 Å². The number of nitrogens with one attached hydrogen (secondary N) is 5. The van der Waals surface area contributed by atoms with Gasteiger partial charge in [0.1, 0.15) is 18.1 Å². The van der Waals surface area contributed by atoms with Gasteiger partial charge in [0, 0.05) is 24.0 Å². The Bertz CT molecular complexity index is 1030. The lowest BCUT2D eigenvalue weighted by atomic mass is 10.0. The molecule has 11 nitrogen and oxygen atoms in total. The molecule has 0 aliphatic carbocycles. The lowest BCUT2D eigenvalue weighted by Gasteiger charge is -2.23. The second-order valence-corrected chi connectivity index (χ2v) is 12.1. The highest BCUT2D eigenvalue weighted by atomic mass is 32.2. The molecule has 41 heavy (non-hydrogen) atoms. The Labute approximate surface area is 246 Å². The zero-order valence-corrected chi connectivity index (χ0v) is 24.7. The number of urea groups is 1. The number of hydrogen-bond donors (Lipinski definition) is 5. The Kier molecular flexibility index (Phi) is 13.3. The van der Waals surface area contributed by atoms with Crippen LogP contribution >= 0.6 is 11.8 Å². The van der Waals surface area contributed by atoms with Crippen molar-refractivity contribution in [3.8, 4) is 5.75 Å². The van der Waals surface area contributed by atoms with E-state index in [4.69, 9.17) is 4.74 Å². The molecule has 2 heterocycles. The molecule has 5 amide bonds. The van der Waals surface area contributed by atoms with Gasteiger partial charge in [-0.25, -0.2) is 4.79 Å². The fourth-order valence-electron chi connectivity index (χ4n) is 4.94. The standard InChI is InChI=1S/C29H43N5O6S/c1-19(2)26(33-25(37)17-40-21-11-4-3-5-12-21)28(38)31-20(16-35)10-8-9-15-30-24(36)14-7-6-13-23-27-22(18-41-23)32-29(39)34-27/h3-5,11-12,16,19-20,22-23,26-27H,6-10,13-15,17-18H2,1-2H3,(H,30,36)(H,31,38)(H,33,37)(H2,32,34,39)/t20-,22-,23-,26-,27-/m0/s1. The third-order valence-corrected chi connectivity index (χ3v) is 8.72. The van der Waals surface area contributed by atoms with E-state index in [1.54, 1.807) is 24.3 Å². The SMILES string of the molecule is CC(C)[C@H](NC(=O)COc1ccccc1)C(=O)N[C@H](C=O)CCCCNC(=O)CCCC[C@@H]1SC[C@@H]2NC(=O)N[C@@H]21. The molecule has 3 rings (SSSR count). The van der Waals surface area contributed by atoms with Crippen LogP contribution in [-0.4, -0.2) is 78.4 Å². The van der Waals surface area contributed by atoms with E-state index in [-0.39, 0.29) is 36.5 Å². The minimum Gasteiger partial charge on any atom is -0.484 e. The van der Waals surface area contributed by atoms with Crippen molar-refractivity contribution >= 4 is 41.8 Å². The molecule has 5 atom stereocenters. The largest absolute Gasteiger partial charge is 0.484 e. The van der Waals surface area contributed by atoms with Crippen LogP contribution in [0.15, 0.2) is 30.3 Å². The number of unbranched alkanes of at least 4 members (excludes halogenated alkanes) is 2. The predicted octanol–water partition coefficient (Wildman–Crippen LogP) is 1.90. The number of hydrogen-bond acceptors (Lipinski definition) is 7. The van der Waals surface area contributed by atoms with E-state index in [2.05, 4.69) is 26.6 Å². The number of amides is 5. The van der Waals surface area contributed by atoms with Crippen LogP contribution in [0.5, 0.6) is 5.75 Å². The zero-order valence-electron chi connectivity index (χ0n) is 23.9. The Morgan fingerprint density at radius 2 is 1.83 bits per heavy atom. The van der Waals surface area contributed by atoms with E-state index in [9.17, 15) is 24.0 Å². The van der Waals surface area contributed by atoms with E-state index < -0.39 is 23.9 Å². The first-order valence-corrected chi connectivity index (χ1v) is 15.5. The quantitative estimate of drug-likeness (QED) is 0.0995. The van der Waals surface area contributed by atoms with Crippen LogP contribution in [0.25, 0.3) is 0 Å². The maximum absolute atomic E-state index is 12.8. The average Bonchev–Trinajstić information content (AvgIpc) is 3.51. The van der Waals surface area contributed by atoms with Crippen molar-refractivity contribution in [2.45, 2.75) is 88.2 Å². The molecule has 2 aliphatic heterocycles. The van der Waals surface area contributed by atoms with Gasteiger partial charge in [-0.05, 0) is 50.2 Å². The smallest absolute Gasteiger partial charge is 0.315 e. The molecule has 2 aliphatic rings. The summed E-state index contributed by atoms with van der Waals surface area (Å²) in [4.78, 5) is 60.4. The van der Waals surface area contributed by atoms with Crippen LogP contribution in [0.3, 0.4) is 0 Å². The van der Waals surface area contributed by atoms with Gasteiger partial charge in [0.2, 0.25) is 11.8 Å². The Hall–Kier alpha value is -3.28. The minimum absolute atomic E-state index is 0.00443. The lowest BCUT2D eigenvalue weighted by molar-refractivity contribution is -0.132. The van der Waals surface area contributed by atoms with E-state index >= 15 is 0 Å². The van der Waals surface area contributed by atoms with Gasteiger partial charge in [0.25, 0.3) is 5.91 Å². The van der Waals surface area contributed by atoms with Crippen molar-refractivity contribution in [3.05, 3.63) is 30.3 Å². The number of carbonyl (C=O) groups excluding carboxylic acids is 5. The first-order chi connectivity index (χ1) is 19.8. The summed E-state index contributed by atoms with van der Waals surface area (Å²) in [5, 5.41) is 14.7. The highest BCUT2D eigenvalue weighted by Gasteiger charge is 2.42. The summed E-state index contributed by atoms with van der Waals surface area (Å²) in [6.45, 7) is 3.92. The average molecular weight is 590 g/mol. The third kappa shape index (κ3) is 10.9. The van der Waals surface area contributed by atoms with Crippen LogP contribution < -0.4 is 31.3 Å². The Balaban J connectivity index is 1.25. The summed E-state index contributed by atoms with van der Waals surface area (Å²) in [7, 11) is 0. The molecule has 5 N–H and O–H groups in total. The van der Waals surface area contributed by atoms with Crippen LogP contribution in [-0.2, 0) is 19.2 Å². The van der Waals surface area contributed by atoms with E-state index in [0.717, 1.165) is 25.0 Å².